The lowest BCUT2D eigenvalue weighted by Crippen LogP contribution is -2.45. The fraction of sp³-hybridized carbons (Fsp3) is 0.500. The molecule has 2 unspecified atom stereocenters. The number of nitriles is 1. The minimum absolute atomic E-state index is 0.195. The number of ether oxygens (including phenoxy) is 1. The third-order valence-electron chi connectivity index (χ3n) is 3.29. The molecule has 0 N–H and O–H groups in total. The number of hydrogen-bond donors (Lipinski definition) is 0. The van der Waals surface area contributed by atoms with E-state index in [9.17, 15) is 0 Å². The molecule has 0 spiro atoms. The molecule has 2 atom stereocenters. The summed E-state index contributed by atoms with van der Waals surface area (Å²) in [5.41, 5.74) is 1.22. The zero-order valence-corrected chi connectivity index (χ0v) is 10.2. The van der Waals surface area contributed by atoms with Crippen molar-refractivity contribution in [2.75, 3.05) is 19.8 Å². The molecule has 1 aliphatic heterocycles. The molecule has 1 heterocycles. The van der Waals surface area contributed by atoms with Crippen molar-refractivity contribution in [2.24, 2.45) is 0 Å². The van der Waals surface area contributed by atoms with Crippen LogP contribution in [0.2, 0.25) is 0 Å². The molecule has 3 nitrogen and oxygen atoms in total. The third-order valence-corrected chi connectivity index (χ3v) is 3.29. The number of rotatable bonds is 3. The van der Waals surface area contributed by atoms with Crippen LogP contribution in [0, 0.1) is 11.3 Å². The van der Waals surface area contributed by atoms with Crippen molar-refractivity contribution < 1.29 is 4.74 Å². The van der Waals surface area contributed by atoms with E-state index in [1.54, 1.807) is 0 Å². The van der Waals surface area contributed by atoms with Crippen LogP contribution in [-0.2, 0) is 4.74 Å². The van der Waals surface area contributed by atoms with E-state index in [1.165, 1.54) is 5.56 Å². The average Bonchev–Trinajstić information content (AvgIpc) is 2.38. The Labute approximate surface area is 103 Å². The van der Waals surface area contributed by atoms with Gasteiger partial charge in [0.15, 0.2) is 0 Å². The first kappa shape index (κ1) is 12.1. The van der Waals surface area contributed by atoms with Gasteiger partial charge in [0.1, 0.15) is 0 Å². The number of benzene rings is 1. The van der Waals surface area contributed by atoms with Crippen LogP contribution in [0.4, 0.5) is 0 Å². The van der Waals surface area contributed by atoms with Crippen molar-refractivity contribution in [3.63, 3.8) is 0 Å². The molecule has 1 aliphatic rings. The predicted octanol–water partition coefficient (Wildman–Crippen LogP) is 2.36. The Hall–Kier alpha value is -1.37. The first-order valence-electron chi connectivity index (χ1n) is 6.08. The highest BCUT2D eigenvalue weighted by Crippen LogP contribution is 2.27. The summed E-state index contributed by atoms with van der Waals surface area (Å²) >= 11 is 0. The Morgan fingerprint density at radius 2 is 2.24 bits per heavy atom. The first-order valence-corrected chi connectivity index (χ1v) is 6.08. The maximum Gasteiger partial charge on any atom is 0.0641 e. The Bertz CT molecular complexity index is 385. The summed E-state index contributed by atoms with van der Waals surface area (Å²) in [6, 6.07) is 13.2. The summed E-state index contributed by atoms with van der Waals surface area (Å²) in [6.07, 6.45) is 0.536. The van der Waals surface area contributed by atoms with Crippen molar-refractivity contribution in [2.45, 2.75) is 25.4 Å². The molecule has 17 heavy (non-hydrogen) atoms. The molecular weight excluding hydrogens is 212 g/mol. The van der Waals surface area contributed by atoms with Gasteiger partial charge < -0.3 is 4.74 Å². The molecule has 0 amide bonds. The zero-order valence-electron chi connectivity index (χ0n) is 10.2. The van der Waals surface area contributed by atoms with Gasteiger partial charge in [-0.2, -0.15) is 5.26 Å². The summed E-state index contributed by atoms with van der Waals surface area (Å²) < 4.78 is 5.45. The molecule has 0 saturated carbocycles. The summed E-state index contributed by atoms with van der Waals surface area (Å²) in [5.74, 6) is 0. The Morgan fingerprint density at radius 3 is 2.88 bits per heavy atom. The van der Waals surface area contributed by atoms with Gasteiger partial charge in [-0.25, -0.2) is 0 Å². The van der Waals surface area contributed by atoms with E-state index in [0.717, 1.165) is 19.8 Å². The molecule has 1 saturated heterocycles. The largest absolute Gasteiger partial charge is 0.379 e. The van der Waals surface area contributed by atoms with E-state index >= 15 is 0 Å². The van der Waals surface area contributed by atoms with Gasteiger partial charge >= 0.3 is 0 Å². The fourth-order valence-electron chi connectivity index (χ4n) is 2.39. The molecule has 3 heteroatoms. The second-order valence-corrected chi connectivity index (χ2v) is 4.45. The highest BCUT2D eigenvalue weighted by Gasteiger charge is 2.27. The van der Waals surface area contributed by atoms with Crippen molar-refractivity contribution in [3.8, 4) is 6.07 Å². The number of hydrogen-bond acceptors (Lipinski definition) is 3. The van der Waals surface area contributed by atoms with Gasteiger partial charge in [-0.05, 0) is 12.5 Å². The molecule has 0 radical (unpaired) electrons. The van der Waals surface area contributed by atoms with Crippen molar-refractivity contribution in [3.05, 3.63) is 35.9 Å². The highest BCUT2D eigenvalue weighted by atomic mass is 16.5. The molecule has 1 aromatic carbocycles. The Morgan fingerprint density at radius 1 is 1.47 bits per heavy atom. The first-order chi connectivity index (χ1) is 8.33. The minimum Gasteiger partial charge on any atom is -0.379 e. The summed E-state index contributed by atoms with van der Waals surface area (Å²) in [5, 5.41) is 9.01. The van der Waals surface area contributed by atoms with Crippen LogP contribution in [0.5, 0.6) is 0 Å². The van der Waals surface area contributed by atoms with Crippen LogP contribution >= 0.6 is 0 Å². The van der Waals surface area contributed by atoms with Crippen molar-refractivity contribution >= 4 is 0 Å². The van der Waals surface area contributed by atoms with E-state index in [2.05, 4.69) is 30.0 Å². The third kappa shape index (κ3) is 2.85. The van der Waals surface area contributed by atoms with Crippen LogP contribution < -0.4 is 0 Å². The lowest BCUT2D eigenvalue weighted by atomic mass is 10.0. The van der Waals surface area contributed by atoms with Crippen molar-refractivity contribution in [1.29, 1.82) is 5.26 Å². The molecule has 0 aromatic heterocycles. The van der Waals surface area contributed by atoms with Crippen molar-refractivity contribution in [1.82, 2.24) is 4.90 Å². The average molecular weight is 230 g/mol. The fourth-order valence-corrected chi connectivity index (χ4v) is 2.39. The van der Waals surface area contributed by atoms with Crippen LogP contribution in [0.1, 0.15) is 24.9 Å². The van der Waals surface area contributed by atoms with Gasteiger partial charge in [0.05, 0.1) is 25.7 Å². The Kier molecular flexibility index (Phi) is 4.13. The molecule has 0 bridgehead atoms. The predicted molar refractivity (Wildman–Crippen MR) is 66.4 cm³/mol. The molecule has 1 fully saturated rings. The molecule has 0 aliphatic carbocycles. The zero-order chi connectivity index (χ0) is 12.1. The maximum absolute atomic E-state index is 9.01. The van der Waals surface area contributed by atoms with Crippen LogP contribution in [0.15, 0.2) is 30.3 Å². The van der Waals surface area contributed by atoms with Crippen LogP contribution in [0.3, 0.4) is 0 Å². The van der Waals surface area contributed by atoms with Gasteiger partial charge in [-0.15, -0.1) is 0 Å². The monoisotopic (exact) mass is 230 g/mol. The van der Waals surface area contributed by atoms with Crippen LogP contribution in [0.25, 0.3) is 0 Å². The molecule has 2 rings (SSSR count). The van der Waals surface area contributed by atoms with E-state index in [-0.39, 0.29) is 6.04 Å². The summed E-state index contributed by atoms with van der Waals surface area (Å²) in [6.45, 7) is 4.59. The lowest BCUT2D eigenvalue weighted by molar-refractivity contribution is -0.0218. The minimum atomic E-state index is 0.195. The van der Waals surface area contributed by atoms with Crippen LogP contribution in [-0.4, -0.2) is 30.7 Å². The van der Waals surface area contributed by atoms with E-state index in [1.807, 2.05) is 18.2 Å². The number of morpholine rings is 1. The number of nitrogens with zero attached hydrogens (tertiary/aromatic N) is 2. The summed E-state index contributed by atoms with van der Waals surface area (Å²) in [4.78, 5) is 2.38. The standard InChI is InChI=1S/C14H18N2O/c1-12-11-17-10-9-16(12)14(7-8-15)13-5-3-2-4-6-13/h2-6,12,14H,7,9-11H2,1H3. The second kappa shape index (κ2) is 5.81. The smallest absolute Gasteiger partial charge is 0.0641 e. The Balaban J connectivity index is 2.20. The molecule has 90 valence electrons. The van der Waals surface area contributed by atoms with E-state index < -0.39 is 0 Å². The van der Waals surface area contributed by atoms with Gasteiger partial charge in [-0.1, -0.05) is 30.3 Å². The van der Waals surface area contributed by atoms with Gasteiger partial charge in [0.2, 0.25) is 0 Å². The lowest BCUT2D eigenvalue weighted by Gasteiger charge is -2.38. The highest BCUT2D eigenvalue weighted by molar-refractivity contribution is 5.20. The quantitative estimate of drug-likeness (QED) is 0.799. The molecule has 1 aromatic rings. The van der Waals surface area contributed by atoms with E-state index in [4.69, 9.17) is 10.00 Å². The maximum atomic E-state index is 9.01. The topological polar surface area (TPSA) is 36.3 Å². The second-order valence-electron chi connectivity index (χ2n) is 4.45. The van der Waals surface area contributed by atoms with Gasteiger partial charge in [0.25, 0.3) is 0 Å². The SMILES string of the molecule is CC1COCCN1C(CC#N)c1ccccc1. The normalized spacial score (nSPS) is 22.9. The summed E-state index contributed by atoms with van der Waals surface area (Å²) in [7, 11) is 0. The van der Waals surface area contributed by atoms with E-state index in [0.29, 0.717) is 12.5 Å². The van der Waals surface area contributed by atoms with Gasteiger partial charge in [-0.3, -0.25) is 4.90 Å². The molecular formula is C14H18N2O. The van der Waals surface area contributed by atoms with Gasteiger partial charge in [0, 0.05) is 18.6 Å².